The topological polar surface area (TPSA) is 87.6 Å². The summed E-state index contributed by atoms with van der Waals surface area (Å²) in [5.41, 5.74) is 4.65. The van der Waals surface area contributed by atoms with Gasteiger partial charge >= 0.3 is 12.1 Å². The number of rotatable bonds is 12. The molecule has 2 N–H and O–H groups in total. The molecule has 8 nitrogen and oxygen atoms in total. The largest absolute Gasteiger partial charge is 0.392 e. The van der Waals surface area contributed by atoms with Crippen molar-refractivity contribution in [2.75, 3.05) is 45.8 Å². The minimum atomic E-state index is -0.127. The highest BCUT2D eigenvalue weighted by molar-refractivity contribution is 6.05. The summed E-state index contributed by atoms with van der Waals surface area (Å²) in [5.74, 6) is 0. The molecular weight excluding hydrogens is 504 g/mol. The Morgan fingerprint density at radius 1 is 0.500 bits per heavy atom. The van der Waals surface area contributed by atoms with Crippen LogP contribution in [0.2, 0.25) is 0 Å². The van der Waals surface area contributed by atoms with Crippen molar-refractivity contribution in [2.24, 2.45) is 0 Å². The normalized spacial score (nSPS) is 10.8. The quantitative estimate of drug-likeness (QED) is 0.275. The second-order valence-electron chi connectivity index (χ2n) is 9.52. The Hall–Kier alpha value is -3.88. The summed E-state index contributed by atoms with van der Waals surface area (Å²) >= 11 is 0. The number of hydrogen-bond acceptors (Lipinski definition) is 4. The van der Waals surface area contributed by atoms with E-state index in [1.54, 1.807) is 19.6 Å². The first-order valence-electron chi connectivity index (χ1n) is 14.1. The van der Waals surface area contributed by atoms with Gasteiger partial charge in [-0.15, -0.1) is 0 Å². The van der Waals surface area contributed by atoms with Gasteiger partial charge in [-0.3, -0.25) is 19.6 Å². The van der Waals surface area contributed by atoms with Gasteiger partial charge in [-0.25, -0.2) is 9.59 Å². The molecule has 0 aromatic heterocycles. The van der Waals surface area contributed by atoms with Crippen LogP contribution >= 0.6 is 0 Å². The lowest BCUT2D eigenvalue weighted by Crippen LogP contribution is -2.44. The van der Waals surface area contributed by atoms with E-state index in [-0.39, 0.29) is 25.3 Å². The minimum absolute atomic E-state index is 0.0427. The Labute approximate surface area is 238 Å². The number of aliphatic hydroxyl groups excluding tert-OH is 2. The van der Waals surface area contributed by atoms with Crippen molar-refractivity contribution >= 4 is 34.8 Å². The maximum absolute atomic E-state index is 13.7. The van der Waals surface area contributed by atoms with E-state index in [1.165, 1.54) is 0 Å². The molecule has 4 amide bonds. The summed E-state index contributed by atoms with van der Waals surface area (Å²) in [7, 11) is 0. The first-order chi connectivity index (χ1) is 19.4. The molecule has 0 fully saturated rings. The van der Waals surface area contributed by atoms with Gasteiger partial charge in [0.15, 0.2) is 0 Å². The Kier molecular flexibility index (Phi) is 11.5. The fraction of sp³-hybridized carbons (Fsp3) is 0.375. The smallest absolute Gasteiger partial charge is 0.328 e. The number of amides is 4. The number of anilines is 4. The first-order valence-corrected chi connectivity index (χ1v) is 14.1. The molecule has 0 radical (unpaired) electrons. The maximum atomic E-state index is 13.7. The monoisotopic (exact) mass is 546 g/mol. The van der Waals surface area contributed by atoms with Crippen LogP contribution in [0.4, 0.5) is 32.3 Å². The molecule has 8 heteroatoms. The van der Waals surface area contributed by atoms with Crippen molar-refractivity contribution in [3.63, 3.8) is 0 Å². The molecule has 0 aliphatic carbocycles. The molecule has 0 heterocycles. The fourth-order valence-electron chi connectivity index (χ4n) is 4.64. The molecule has 3 aromatic carbocycles. The van der Waals surface area contributed by atoms with Crippen LogP contribution in [0.3, 0.4) is 0 Å². The van der Waals surface area contributed by atoms with E-state index in [0.29, 0.717) is 26.2 Å². The molecular formula is C32H42N4O4. The summed E-state index contributed by atoms with van der Waals surface area (Å²) in [5, 5.41) is 18.8. The predicted molar refractivity (Wildman–Crippen MR) is 163 cm³/mol. The average molecular weight is 547 g/mol. The van der Waals surface area contributed by atoms with Gasteiger partial charge < -0.3 is 10.2 Å². The molecule has 214 valence electrons. The molecule has 0 saturated heterocycles. The number of aliphatic hydroxyl groups is 2. The van der Waals surface area contributed by atoms with Crippen LogP contribution in [0, 0.1) is 0 Å². The van der Waals surface area contributed by atoms with E-state index in [0.717, 1.165) is 46.7 Å². The van der Waals surface area contributed by atoms with Gasteiger partial charge in [0.1, 0.15) is 0 Å². The van der Waals surface area contributed by atoms with Crippen molar-refractivity contribution in [3.8, 4) is 0 Å². The van der Waals surface area contributed by atoms with Crippen molar-refractivity contribution in [2.45, 2.75) is 53.8 Å². The van der Waals surface area contributed by atoms with Crippen LogP contribution in [0.1, 0.15) is 51.7 Å². The van der Waals surface area contributed by atoms with Crippen LogP contribution < -0.4 is 19.6 Å². The number of nitrogens with zero attached hydrogens (tertiary/aromatic N) is 4. The third-order valence-electron chi connectivity index (χ3n) is 6.78. The molecule has 0 unspecified atom stereocenters. The van der Waals surface area contributed by atoms with Crippen LogP contribution in [0.15, 0.2) is 72.8 Å². The van der Waals surface area contributed by atoms with Crippen molar-refractivity contribution in [3.05, 3.63) is 83.9 Å². The van der Waals surface area contributed by atoms with E-state index in [9.17, 15) is 19.8 Å². The first kappa shape index (κ1) is 30.7. The third-order valence-corrected chi connectivity index (χ3v) is 6.78. The zero-order valence-corrected chi connectivity index (χ0v) is 24.1. The average Bonchev–Trinajstić information content (AvgIpc) is 3.00. The number of carbonyl (C=O) groups excluding carboxylic acids is 2. The summed E-state index contributed by atoms with van der Waals surface area (Å²) in [6.45, 7) is 9.97. The molecule has 0 aliphatic heterocycles. The Bertz CT molecular complexity index is 1120. The summed E-state index contributed by atoms with van der Waals surface area (Å²) < 4.78 is 0. The summed E-state index contributed by atoms with van der Waals surface area (Å²) in [6.07, 6.45) is 1.60. The molecule has 40 heavy (non-hydrogen) atoms. The van der Waals surface area contributed by atoms with Crippen molar-refractivity contribution in [1.29, 1.82) is 0 Å². The van der Waals surface area contributed by atoms with Gasteiger partial charge in [-0.05, 0) is 86.3 Å². The maximum Gasteiger partial charge on any atom is 0.328 e. The van der Waals surface area contributed by atoms with Gasteiger partial charge in [0.05, 0.1) is 13.2 Å². The number of carbonyl (C=O) groups is 2. The highest BCUT2D eigenvalue weighted by atomic mass is 16.3. The predicted octanol–water partition coefficient (Wildman–Crippen LogP) is 6.40. The van der Waals surface area contributed by atoms with Gasteiger partial charge in [-0.1, -0.05) is 38.1 Å². The molecule has 3 aromatic rings. The second-order valence-corrected chi connectivity index (χ2v) is 9.52. The number of urea groups is 2. The van der Waals surface area contributed by atoms with Crippen LogP contribution in [0.5, 0.6) is 0 Å². The Balaban J connectivity index is 1.84. The van der Waals surface area contributed by atoms with Gasteiger partial charge in [-0.2, -0.15) is 0 Å². The lowest BCUT2D eigenvalue weighted by atomic mass is 10.2. The van der Waals surface area contributed by atoms with E-state index in [4.69, 9.17) is 0 Å². The molecule has 0 saturated carbocycles. The van der Waals surface area contributed by atoms with E-state index < -0.39 is 0 Å². The van der Waals surface area contributed by atoms with E-state index >= 15 is 0 Å². The van der Waals surface area contributed by atoms with Crippen LogP contribution in [-0.2, 0) is 13.2 Å². The zero-order valence-electron chi connectivity index (χ0n) is 24.1. The lowest BCUT2D eigenvalue weighted by Gasteiger charge is -2.32. The number of hydrogen-bond donors (Lipinski definition) is 2. The van der Waals surface area contributed by atoms with Gasteiger partial charge in [0, 0.05) is 48.9 Å². The van der Waals surface area contributed by atoms with E-state index in [1.807, 2.05) is 100 Å². The minimum Gasteiger partial charge on any atom is -0.392 e. The highest BCUT2D eigenvalue weighted by Crippen LogP contribution is 2.26. The second kappa shape index (κ2) is 15.1. The van der Waals surface area contributed by atoms with E-state index in [2.05, 4.69) is 0 Å². The highest BCUT2D eigenvalue weighted by Gasteiger charge is 2.25. The summed E-state index contributed by atoms with van der Waals surface area (Å²) in [6, 6.07) is 22.0. The van der Waals surface area contributed by atoms with Crippen molar-refractivity contribution in [1.82, 2.24) is 0 Å². The molecule has 0 bridgehead atoms. The Morgan fingerprint density at radius 2 is 0.775 bits per heavy atom. The third kappa shape index (κ3) is 7.20. The van der Waals surface area contributed by atoms with Crippen molar-refractivity contribution < 1.29 is 19.8 Å². The van der Waals surface area contributed by atoms with Crippen LogP contribution in [-0.4, -0.2) is 48.5 Å². The molecule has 3 rings (SSSR count). The molecule has 0 atom stereocenters. The standard InChI is InChI=1S/C32H42N4O4/c1-5-21-35(29-13-9-25(23-37)10-14-29)31(39)33(7-3)27-17-19-28(20-18-27)34(8-4)32(40)36(22-6-2)30-15-11-26(24-38)12-16-30/h9-20,37-38H,5-8,21-24H2,1-4H3. The zero-order chi connectivity index (χ0) is 29.1. The van der Waals surface area contributed by atoms with Gasteiger partial charge in [0.25, 0.3) is 0 Å². The van der Waals surface area contributed by atoms with Crippen LogP contribution in [0.25, 0.3) is 0 Å². The molecule has 0 spiro atoms. The Morgan fingerprint density at radius 3 is 1.02 bits per heavy atom. The molecule has 0 aliphatic rings. The SMILES string of the molecule is CCCN(C(=O)N(CC)c1ccc(N(CC)C(=O)N(CCC)c2ccc(CO)cc2)cc1)c1ccc(CO)cc1. The lowest BCUT2D eigenvalue weighted by molar-refractivity contribution is 0.250. The number of benzene rings is 3. The van der Waals surface area contributed by atoms with Gasteiger partial charge in [0.2, 0.25) is 0 Å². The fourth-order valence-corrected chi connectivity index (χ4v) is 4.64. The summed E-state index contributed by atoms with van der Waals surface area (Å²) in [4.78, 5) is 34.3.